The summed E-state index contributed by atoms with van der Waals surface area (Å²) in [5.74, 6) is 0.619. The first-order valence-electron chi connectivity index (χ1n) is 7.95. The van der Waals surface area contributed by atoms with Crippen LogP contribution in [-0.4, -0.2) is 28.9 Å². The average molecular weight is 361 g/mol. The molecule has 1 fully saturated rings. The number of nitrogens with one attached hydrogen (secondary N) is 1. The molecule has 8 heteroatoms. The van der Waals surface area contributed by atoms with E-state index in [0.717, 1.165) is 18.9 Å². The zero-order valence-electron chi connectivity index (χ0n) is 13.4. The minimum absolute atomic E-state index is 0.0403. The molecule has 25 heavy (non-hydrogen) atoms. The third kappa shape index (κ3) is 4.24. The smallest absolute Gasteiger partial charge is 0.271 e. The van der Waals surface area contributed by atoms with E-state index in [2.05, 4.69) is 15.2 Å². The maximum Gasteiger partial charge on any atom is 0.271 e. The zero-order chi connectivity index (χ0) is 17.8. The van der Waals surface area contributed by atoms with Crippen molar-refractivity contribution in [3.63, 3.8) is 0 Å². The number of aromatic nitrogens is 1. The van der Waals surface area contributed by atoms with E-state index >= 15 is 0 Å². The topological polar surface area (TPSA) is 88.4 Å². The van der Waals surface area contributed by atoms with E-state index in [1.807, 2.05) is 6.07 Å². The molecule has 0 bridgehead atoms. The minimum Gasteiger partial charge on any atom is -0.357 e. The largest absolute Gasteiger partial charge is 0.357 e. The molecule has 7 nitrogen and oxygen atoms in total. The van der Waals surface area contributed by atoms with E-state index in [9.17, 15) is 14.9 Å². The minimum atomic E-state index is -0.479. The Balaban J connectivity index is 1.57. The molecule has 1 saturated heterocycles. The third-order valence-electron chi connectivity index (χ3n) is 4.23. The number of piperidine rings is 1. The van der Waals surface area contributed by atoms with Gasteiger partial charge in [0.1, 0.15) is 5.82 Å². The molecule has 1 N–H and O–H groups in total. The fraction of sp³-hybridized carbons (Fsp3) is 0.294. The Kier molecular flexibility index (Phi) is 5.14. The maximum absolute atomic E-state index is 12.4. The van der Waals surface area contributed by atoms with Crippen molar-refractivity contribution >= 4 is 34.7 Å². The second kappa shape index (κ2) is 7.48. The quantitative estimate of drug-likeness (QED) is 0.666. The molecule has 1 aromatic carbocycles. The van der Waals surface area contributed by atoms with E-state index in [-0.39, 0.29) is 17.5 Å². The summed E-state index contributed by atoms with van der Waals surface area (Å²) in [7, 11) is 0. The van der Waals surface area contributed by atoms with Crippen LogP contribution >= 0.6 is 11.6 Å². The number of hydrogen-bond acceptors (Lipinski definition) is 5. The molecule has 2 aromatic rings. The third-order valence-corrected chi connectivity index (χ3v) is 4.45. The number of carbonyl (C=O) groups is 1. The SMILES string of the molecule is O=C(Nc1cccc([N+](=O)[O-])c1)C1CCN(c2ccc(Cl)cn2)CC1. The van der Waals surface area contributed by atoms with Crippen LogP contribution in [0.25, 0.3) is 0 Å². The second-order valence-electron chi connectivity index (χ2n) is 5.89. The van der Waals surface area contributed by atoms with Crippen LogP contribution in [-0.2, 0) is 4.79 Å². The molecule has 1 amide bonds. The van der Waals surface area contributed by atoms with Gasteiger partial charge in [-0.2, -0.15) is 0 Å². The van der Waals surface area contributed by atoms with Crippen LogP contribution in [0.1, 0.15) is 12.8 Å². The molecule has 0 radical (unpaired) electrons. The Bertz CT molecular complexity index is 774. The van der Waals surface area contributed by atoms with Crippen LogP contribution < -0.4 is 10.2 Å². The van der Waals surface area contributed by atoms with E-state index in [0.29, 0.717) is 23.6 Å². The predicted octanol–water partition coefficient (Wildman–Crippen LogP) is 3.50. The first-order valence-corrected chi connectivity index (χ1v) is 8.32. The first kappa shape index (κ1) is 17.2. The lowest BCUT2D eigenvalue weighted by atomic mass is 9.95. The second-order valence-corrected chi connectivity index (χ2v) is 6.33. The van der Waals surface area contributed by atoms with E-state index in [4.69, 9.17) is 11.6 Å². The summed E-state index contributed by atoms with van der Waals surface area (Å²) in [4.78, 5) is 29.1. The van der Waals surface area contributed by atoms with Crippen LogP contribution in [0.4, 0.5) is 17.2 Å². The Morgan fingerprint density at radius 2 is 2.04 bits per heavy atom. The molecule has 0 unspecified atom stereocenters. The molecule has 0 saturated carbocycles. The molecule has 2 heterocycles. The van der Waals surface area contributed by atoms with Crippen LogP contribution in [0.2, 0.25) is 5.02 Å². The number of anilines is 2. The van der Waals surface area contributed by atoms with Crippen LogP contribution in [0.5, 0.6) is 0 Å². The van der Waals surface area contributed by atoms with Crippen molar-refractivity contribution in [3.8, 4) is 0 Å². The summed E-state index contributed by atoms with van der Waals surface area (Å²) in [6, 6.07) is 9.63. The van der Waals surface area contributed by atoms with Gasteiger partial charge in [-0.1, -0.05) is 17.7 Å². The lowest BCUT2D eigenvalue weighted by molar-refractivity contribution is -0.384. The maximum atomic E-state index is 12.4. The molecule has 1 aliphatic heterocycles. The van der Waals surface area contributed by atoms with Crippen LogP contribution in [0.3, 0.4) is 0 Å². The monoisotopic (exact) mass is 360 g/mol. The number of pyridine rings is 1. The van der Waals surface area contributed by atoms with E-state index in [1.165, 1.54) is 12.1 Å². The fourth-order valence-corrected chi connectivity index (χ4v) is 2.98. The highest BCUT2D eigenvalue weighted by atomic mass is 35.5. The summed E-state index contributed by atoms with van der Waals surface area (Å²) in [6.45, 7) is 1.45. The van der Waals surface area contributed by atoms with Gasteiger partial charge in [-0.05, 0) is 31.0 Å². The number of benzene rings is 1. The molecule has 130 valence electrons. The molecule has 0 atom stereocenters. The van der Waals surface area contributed by atoms with E-state index < -0.39 is 4.92 Å². The van der Waals surface area contributed by atoms with Gasteiger partial charge in [-0.15, -0.1) is 0 Å². The number of halogens is 1. The molecule has 0 spiro atoms. The molecular weight excluding hydrogens is 344 g/mol. The number of carbonyl (C=O) groups excluding carboxylic acids is 1. The van der Waals surface area contributed by atoms with Gasteiger partial charge in [0.25, 0.3) is 5.69 Å². The van der Waals surface area contributed by atoms with Gasteiger partial charge >= 0.3 is 0 Å². The summed E-state index contributed by atoms with van der Waals surface area (Å²) in [6.07, 6.45) is 3.01. The summed E-state index contributed by atoms with van der Waals surface area (Å²) in [5.41, 5.74) is 0.405. The zero-order valence-corrected chi connectivity index (χ0v) is 14.1. The van der Waals surface area contributed by atoms with Crippen molar-refractivity contribution in [2.24, 2.45) is 5.92 Å². The number of non-ortho nitro benzene ring substituents is 1. The highest BCUT2D eigenvalue weighted by Gasteiger charge is 2.25. The number of amides is 1. The number of hydrogen-bond donors (Lipinski definition) is 1. The molecule has 1 aliphatic rings. The van der Waals surface area contributed by atoms with Crippen LogP contribution in [0, 0.1) is 16.0 Å². The molecule has 0 aliphatic carbocycles. The fourth-order valence-electron chi connectivity index (χ4n) is 2.87. The molecule has 3 rings (SSSR count). The Labute approximate surface area is 149 Å². The highest BCUT2D eigenvalue weighted by Crippen LogP contribution is 2.24. The van der Waals surface area contributed by atoms with Gasteiger partial charge in [0, 0.05) is 43.0 Å². The van der Waals surface area contributed by atoms with Gasteiger partial charge in [0.05, 0.1) is 9.95 Å². The van der Waals surface area contributed by atoms with Crippen molar-refractivity contribution in [2.45, 2.75) is 12.8 Å². The van der Waals surface area contributed by atoms with Gasteiger partial charge in [0.2, 0.25) is 5.91 Å². The van der Waals surface area contributed by atoms with Gasteiger partial charge in [-0.3, -0.25) is 14.9 Å². The summed E-state index contributed by atoms with van der Waals surface area (Å²) in [5, 5.41) is 14.2. The predicted molar refractivity (Wildman–Crippen MR) is 95.9 cm³/mol. The van der Waals surface area contributed by atoms with Gasteiger partial charge in [0.15, 0.2) is 0 Å². The number of nitrogens with zero attached hydrogens (tertiary/aromatic N) is 3. The lowest BCUT2D eigenvalue weighted by Gasteiger charge is -2.32. The summed E-state index contributed by atoms with van der Waals surface area (Å²) < 4.78 is 0. The molecular formula is C17H17ClN4O3. The molecule has 1 aromatic heterocycles. The van der Waals surface area contributed by atoms with Crippen LogP contribution in [0.15, 0.2) is 42.6 Å². The Morgan fingerprint density at radius 1 is 1.28 bits per heavy atom. The van der Waals surface area contributed by atoms with E-state index in [1.54, 1.807) is 24.4 Å². The summed E-state index contributed by atoms with van der Waals surface area (Å²) >= 11 is 5.85. The normalized spacial score (nSPS) is 15.0. The number of rotatable bonds is 4. The Morgan fingerprint density at radius 3 is 2.68 bits per heavy atom. The Hall–Kier alpha value is -2.67. The number of nitro benzene ring substituents is 1. The van der Waals surface area contributed by atoms with Crippen molar-refractivity contribution in [2.75, 3.05) is 23.3 Å². The first-order chi connectivity index (χ1) is 12.0. The standard InChI is InChI=1S/C17H17ClN4O3/c18-13-4-5-16(19-11-13)21-8-6-12(7-9-21)17(23)20-14-2-1-3-15(10-14)22(24)25/h1-5,10-12H,6-9H2,(H,20,23). The van der Waals surface area contributed by atoms with Crippen molar-refractivity contribution in [3.05, 3.63) is 57.7 Å². The highest BCUT2D eigenvalue weighted by molar-refractivity contribution is 6.30. The van der Waals surface area contributed by atoms with Crippen molar-refractivity contribution in [1.29, 1.82) is 0 Å². The van der Waals surface area contributed by atoms with Crippen molar-refractivity contribution in [1.82, 2.24) is 4.98 Å². The lowest BCUT2D eigenvalue weighted by Crippen LogP contribution is -2.38. The van der Waals surface area contributed by atoms with Gasteiger partial charge < -0.3 is 10.2 Å². The van der Waals surface area contributed by atoms with Crippen molar-refractivity contribution < 1.29 is 9.72 Å². The number of nitro groups is 1. The van der Waals surface area contributed by atoms with Gasteiger partial charge in [-0.25, -0.2) is 4.98 Å². The average Bonchev–Trinajstić information content (AvgIpc) is 2.63.